The molecular weight excluding hydrogens is 436 g/mol. The molecule has 2 atom stereocenters. The van der Waals surface area contributed by atoms with E-state index in [-0.39, 0.29) is 12.1 Å². The van der Waals surface area contributed by atoms with Crippen LogP contribution in [0.2, 0.25) is 0 Å². The molecule has 0 spiro atoms. The van der Waals surface area contributed by atoms with E-state index >= 15 is 0 Å². The topological polar surface area (TPSA) is 24.1 Å². The summed E-state index contributed by atoms with van der Waals surface area (Å²) >= 11 is 0. The van der Waals surface area contributed by atoms with Crippen LogP contribution in [0.4, 0.5) is 0 Å². The molecule has 0 aliphatic carbocycles. The first kappa shape index (κ1) is 25.9. The highest BCUT2D eigenvalue weighted by atomic mass is 15.0. The first-order valence-corrected chi connectivity index (χ1v) is 13.0. The molecule has 0 aliphatic rings. The minimum absolute atomic E-state index is 0.106. The Hall–Kier alpha value is -3.20. The fourth-order valence-corrected chi connectivity index (χ4v) is 5.78. The van der Waals surface area contributed by atoms with Crippen molar-refractivity contribution in [1.29, 1.82) is 0 Å². The van der Waals surface area contributed by atoms with Crippen molar-refractivity contribution in [2.45, 2.75) is 66.7 Å². The average molecular weight is 477 g/mol. The van der Waals surface area contributed by atoms with E-state index in [0.717, 1.165) is 13.1 Å². The first-order chi connectivity index (χ1) is 17.3. The molecule has 0 amide bonds. The van der Waals surface area contributed by atoms with Crippen LogP contribution in [0.25, 0.3) is 0 Å². The van der Waals surface area contributed by atoms with Crippen LogP contribution in [0.5, 0.6) is 0 Å². The molecule has 0 saturated carbocycles. The fourth-order valence-electron chi connectivity index (χ4n) is 5.78. The molecule has 0 unspecified atom stereocenters. The van der Waals surface area contributed by atoms with Gasteiger partial charge in [-0.15, -0.1) is 0 Å². The second kappa shape index (κ2) is 11.7. The average Bonchev–Trinajstić information content (AvgIpc) is 2.83. The Labute approximate surface area is 217 Å². The Balaban J connectivity index is 1.83. The fraction of sp³-hybridized carbons (Fsp3) is 0.294. The predicted molar refractivity (Wildman–Crippen MR) is 153 cm³/mol. The minimum Gasteiger partial charge on any atom is -0.304 e. The molecule has 186 valence electrons. The van der Waals surface area contributed by atoms with Gasteiger partial charge in [-0.05, 0) is 86.1 Å². The number of hydrogen-bond donors (Lipinski definition) is 2. The van der Waals surface area contributed by atoms with E-state index in [4.69, 9.17) is 0 Å². The van der Waals surface area contributed by atoms with Crippen molar-refractivity contribution in [1.82, 2.24) is 10.6 Å². The van der Waals surface area contributed by atoms with Crippen molar-refractivity contribution < 1.29 is 0 Å². The molecule has 2 nitrogen and oxygen atoms in total. The summed E-state index contributed by atoms with van der Waals surface area (Å²) in [6.45, 7) is 15.0. The third-order valence-corrected chi connectivity index (χ3v) is 7.17. The van der Waals surface area contributed by atoms with E-state index in [1.54, 1.807) is 0 Å². The van der Waals surface area contributed by atoms with Crippen LogP contribution in [0.15, 0.2) is 84.9 Å². The third kappa shape index (κ3) is 6.13. The van der Waals surface area contributed by atoms with Gasteiger partial charge < -0.3 is 10.6 Å². The Bertz CT molecular complexity index is 1140. The highest BCUT2D eigenvalue weighted by molar-refractivity contribution is 5.45. The van der Waals surface area contributed by atoms with Gasteiger partial charge in [0, 0.05) is 13.1 Å². The molecule has 0 saturated heterocycles. The molecular formula is C34H40N2. The molecule has 0 bridgehead atoms. The van der Waals surface area contributed by atoms with Crippen molar-refractivity contribution in [3.05, 3.63) is 141 Å². The van der Waals surface area contributed by atoms with Crippen LogP contribution < -0.4 is 10.6 Å². The lowest BCUT2D eigenvalue weighted by atomic mass is 9.83. The SMILES string of the molecule is Cc1cc(C)c([C@H](NCc2ccccc2)[C@@H](NCc2ccccc2)c2c(C)cc(C)cc2C)c(C)c1. The third-order valence-electron chi connectivity index (χ3n) is 7.17. The Morgan fingerprint density at radius 3 is 1.08 bits per heavy atom. The van der Waals surface area contributed by atoms with Gasteiger partial charge in [-0.1, -0.05) is 96.1 Å². The smallest absolute Gasteiger partial charge is 0.0526 e. The summed E-state index contributed by atoms with van der Waals surface area (Å²) in [7, 11) is 0. The maximum Gasteiger partial charge on any atom is 0.0526 e. The summed E-state index contributed by atoms with van der Waals surface area (Å²) in [4.78, 5) is 0. The predicted octanol–water partition coefficient (Wildman–Crippen LogP) is 7.90. The van der Waals surface area contributed by atoms with Crippen LogP contribution in [-0.4, -0.2) is 0 Å². The molecule has 0 fully saturated rings. The van der Waals surface area contributed by atoms with Crippen molar-refractivity contribution in [2.75, 3.05) is 0 Å². The van der Waals surface area contributed by atoms with Gasteiger partial charge in [0.25, 0.3) is 0 Å². The zero-order chi connectivity index (χ0) is 25.7. The lowest BCUT2D eigenvalue weighted by molar-refractivity contribution is 0.376. The number of rotatable bonds is 9. The van der Waals surface area contributed by atoms with Crippen LogP contribution in [-0.2, 0) is 13.1 Å². The second-order valence-corrected chi connectivity index (χ2v) is 10.3. The second-order valence-electron chi connectivity index (χ2n) is 10.3. The van der Waals surface area contributed by atoms with Crippen LogP contribution in [0, 0.1) is 41.5 Å². The van der Waals surface area contributed by atoms with Gasteiger partial charge in [-0.2, -0.15) is 0 Å². The van der Waals surface area contributed by atoms with Crippen LogP contribution in [0.3, 0.4) is 0 Å². The van der Waals surface area contributed by atoms with Gasteiger partial charge in [0.05, 0.1) is 12.1 Å². The zero-order valence-corrected chi connectivity index (χ0v) is 22.7. The minimum atomic E-state index is 0.106. The number of aryl methyl sites for hydroxylation is 6. The van der Waals surface area contributed by atoms with E-state index in [2.05, 4.69) is 137 Å². The molecule has 2 N–H and O–H groups in total. The van der Waals surface area contributed by atoms with E-state index in [0.29, 0.717) is 0 Å². The summed E-state index contributed by atoms with van der Waals surface area (Å²) in [5.41, 5.74) is 13.4. The molecule has 0 aliphatic heterocycles. The van der Waals surface area contributed by atoms with Crippen molar-refractivity contribution in [3.8, 4) is 0 Å². The molecule has 0 heterocycles. The molecule has 0 aromatic heterocycles. The van der Waals surface area contributed by atoms with E-state index in [1.165, 1.54) is 55.6 Å². The van der Waals surface area contributed by atoms with Crippen molar-refractivity contribution in [2.24, 2.45) is 0 Å². The normalized spacial score (nSPS) is 12.9. The molecule has 0 radical (unpaired) electrons. The quantitative estimate of drug-likeness (QED) is 0.256. The van der Waals surface area contributed by atoms with Crippen LogP contribution >= 0.6 is 0 Å². The van der Waals surface area contributed by atoms with Gasteiger partial charge in [-0.3, -0.25) is 0 Å². The summed E-state index contributed by atoms with van der Waals surface area (Å²) in [6.07, 6.45) is 0. The summed E-state index contributed by atoms with van der Waals surface area (Å²) < 4.78 is 0. The monoisotopic (exact) mass is 476 g/mol. The summed E-state index contributed by atoms with van der Waals surface area (Å²) in [5.74, 6) is 0. The highest BCUT2D eigenvalue weighted by Gasteiger charge is 2.29. The lowest BCUT2D eigenvalue weighted by Gasteiger charge is -2.34. The lowest BCUT2D eigenvalue weighted by Crippen LogP contribution is -2.37. The summed E-state index contributed by atoms with van der Waals surface area (Å²) in [5, 5.41) is 7.99. The van der Waals surface area contributed by atoms with E-state index < -0.39 is 0 Å². The molecule has 4 aromatic carbocycles. The van der Waals surface area contributed by atoms with Crippen molar-refractivity contribution in [3.63, 3.8) is 0 Å². The maximum atomic E-state index is 3.99. The molecule has 2 heteroatoms. The van der Waals surface area contributed by atoms with Gasteiger partial charge in [0.15, 0.2) is 0 Å². The number of nitrogens with one attached hydrogen (secondary N) is 2. The zero-order valence-electron chi connectivity index (χ0n) is 22.7. The Kier molecular flexibility index (Phi) is 8.40. The molecule has 4 rings (SSSR count). The number of benzene rings is 4. The molecule has 4 aromatic rings. The Morgan fingerprint density at radius 1 is 0.472 bits per heavy atom. The first-order valence-electron chi connectivity index (χ1n) is 13.0. The van der Waals surface area contributed by atoms with Crippen LogP contribution in [0.1, 0.15) is 67.7 Å². The van der Waals surface area contributed by atoms with Gasteiger partial charge >= 0.3 is 0 Å². The van der Waals surface area contributed by atoms with E-state index in [9.17, 15) is 0 Å². The van der Waals surface area contributed by atoms with Gasteiger partial charge in [-0.25, -0.2) is 0 Å². The van der Waals surface area contributed by atoms with Crippen molar-refractivity contribution >= 4 is 0 Å². The standard InChI is InChI=1S/C34H40N2/c1-23-17-25(3)31(26(4)18-23)33(35-21-29-13-9-7-10-14-29)34(36-22-30-15-11-8-12-16-30)32-27(5)19-24(2)20-28(32)6/h7-20,33-36H,21-22H2,1-6H3/t33-,34-/m0/s1. The maximum absolute atomic E-state index is 3.99. The summed E-state index contributed by atoms with van der Waals surface area (Å²) in [6, 6.07) is 30.9. The largest absolute Gasteiger partial charge is 0.304 e. The van der Waals surface area contributed by atoms with E-state index in [1.807, 2.05) is 0 Å². The number of hydrogen-bond acceptors (Lipinski definition) is 2. The molecule has 36 heavy (non-hydrogen) atoms. The van der Waals surface area contributed by atoms with Gasteiger partial charge in [0.1, 0.15) is 0 Å². The van der Waals surface area contributed by atoms with Gasteiger partial charge in [0.2, 0.25) is 0 Å². The highest BCUT2D eigenvalue weighted by Crippen LogP contribution is 2.37. The Morgan fingerprint density at radius 2 is 0.778 bits per heavy atom.